The smallest absolute Gasteiger partial charge is 0.422 e. The Bertz CT molecular complexity index is 620. The molecule has 0 saturated carbocycles. The Labute approximate surface area is 125 Å². The molecule has 7 heteroatoms. The topological polar surface area (TPSA) is 62.7 Å². The van der Waals surface area contributed by atoms with Gasteiger partial charge in [0, 0.05) is 6.08 Å². The largest absolute Gasteiger partial charge is 0.451 e. The van der Waals surface area contributed by atoms with E-state index in [1.54, 1.807) is 20.8 Å². The number of benzene rings is 1. The highest BCUT2D eigenvalue weighted by molar-refractivity contribution is 6.39. The molecule has 0 heterocycles. The number of carbonyl (C=O) groups is 1. The van der Waals surface area contributed by atoms with Crippen LogP contribution in [0.3, 0.4) is 0 Å². The number of hydrogen-bond acceptors (Lipinski definition) is 2. The SMILES string of the molecule is CC(C)(C)OC(=O)C(/C=C/c1ccc(C(F)(F)F)cc1)=[N+]=[N-]. The summed E-state index contributed by atoms with van der Waals surface area (Å²) in [4.78, 5) is 14.5. The first kappa shape index (κ1) is 17.7. The van der Waals surface area contributed by atoms with Crippen LogP contribution in [0.1, 0.15) is 31.9 Å². The fourth-order valence-corrected chi connectivity index (χ4v) is 1.43. The third-order valence-electron chi connectivity index (χ3n) is 2.39. The second-order valence-corrected chi connectivity index (χ2v) is 5.44. The summed E-state index contributed by atoms with van der Waals surface area (Å²) in [5.74, 6) is -0.835. The maximum absolute atomic E-state index is 12.4. The molecule has 1 aromatic carbocycles. The van der Waals surface area contributed by atoms with Crippen LogP contribution in [0.2, 0.25) is 0 Å². The molecule has 22 heavy (non-hydrogen) atoms. The van der Waals surface area contributed by atoms with Gasteiger partial charge in [0.25, 0.3) is 0 Å². The van der Waals surface area contributed by atoms with Crippen molar-refractivity contribution >= 4 is 17.8 Å². The Hall–Kier alpha value is -2.40. The van der Waals surface area contributed by atoms with Gasteiger partial charge in [-0.25, -0.2) is 4.79 Å². The van der Waals surface area contributed by atoms with E-state index < -0.39 is 23.3 Å². The Morgan fingerprint density at radius 3 is 2.14 bits per heavy atom. The fourth-order valence-electron chi connectivity index (χ4n) is 1.43. The van der Waals surface area contributed by atoms with Crippen molar-refractivity contribution in [2.45, 2.75) is 32.5 Å². The van der Waals surface area contributed by atoms with Crippen LogP contribution in [0.4, 0.5) is 13.2 Å². The van der Waals surface area contributed by atoms with Gasteiger partial charge in [-0.3, -0.25) is 0 Å². The number of nitrogens with zero attached hydrogens (tertiary/aromatic N) is 2. The molecule has 0 aliphatic heterocycles. The number of rotatable bonds is 3. The standard InChI is InChI=1S/C15H15F3N2O2/c1-14(2,3)22-13(21)12(20-19)9-6-10-4-7-11(8-5-10)15(16,17)18/h4-9H,1-3H3/b9-6+. The molecule has 0 fully saturated rings. The molecule has 0 amide bonds. The van der Waals surface area contributed by atoms with Gasteiger partial charge in [-0.05, 0) is 44.5 Å². The lowest BCUT2D eigenvalue weighted by molar-refractivity contribution is -0.150. The highest BCUT2D eigenvalue weighted by atomic mass is 19.4. The summed E-state index contributed by atoms with van der Waals surface area (Å²) >= 11 is 0. The first-order chi connectivity index (χ1) is 10.0. The van der Waals surface area contributed by atoms with Gasteiger partial charge in [0.05, 0.1) is 5.56 Å². The Morgan fingerprint density at radius 1 is 1.18 bits per heavy atom. The number of alkyl halides is 3. The van der Waals surface area contributed by atoms with E-state index in [9.17, 15) is 18.0 Å². The lowest BCUT2D eigenvalue weighted by atomic mass is 10.1. The molecule has 0 saturated heterocycles. The zero-order valence-corrected chi connectivity index (χ0v) is 12.3. The van der Waals surface area contributed by atoms with Crippen molar-refractivity contribution in [1.29, 1.82) is 0 Å². The van der Waals surface area contributed by atoms with E-state index in [0.717, 1.165) is 18.2 Å². The van der Waals surface area contributed by atoms with Gasteiger partial charge in [-0.2, -0.15) is 18.0 Å². The van der Waals surface area contributed by atoms with Gasteiger partial charge < -0.3 is 10.3 Å². The van der Waals surface area contributed by atoms with Gasteiger partial charge in [0.2, 0.25) is 0 Å². The molecule has 0 N–H and O–H groups in total. The van der Waals surface area contributed by atoms with E-state index in [0.29, 0.717) is 5.56 Å². The molecule has 0 atom stereocenters. The molecule has 1 rings (SSSR count). The molecule has 0 radical (unpaired) electrons. The van der Waals surface area contributed by atoms with Gasteiger partial charge in [0.15, 0.2) is 0 Å². The summed E-state index contributed by atoms with van der Waals surface area (Å²) in [6.07, 6.45) is -1.90. The van der Waals surface area contributed by atoms with Gasteiger partial charge in [-0.1, -0.05) is 12.1 Å². The third-order valence-corrected chi connectivity index (χ3v) is 2.39. The molecule has 0 aliphatic carbocycles. The van der Waals surface area contributed by atoms with Gasteiger partial charge in [-0.15, -0.1) is 0 Å². The van der Waals surface area contributed by atoms with Crippen LogP contribution >= 0.6 is 0 Å². The van der Waals surface area contributed by atoms with Crippen molar-refractivity contribution in [1.82, 2.24) is 0 Å². The van der Waals surface area contributed by atoms with Crippen molar-refractivity contribution in [3.8, 4) is 0 Å². The first-order valence-corrected chi connectivity index (χ1v) is 6.33. The van der Waals surface area contributed by atoms with Crippen molar-refractivity contribution in [3.63, 3.8) is 0 Å². The highest BCUT2D eigenvalue weighted by Gasteiger charge is 2.30. The second kappa shape index (κ2) is 6.58. The molecule has 0 aliphatic rings. The monoisotopic (exact) mass is 312 g/mol. The van der Waals surface area contributed by atoms with E-state index >= 15 is 0 Å². The predicted octanol–water partition coefficient (Wildman–Crippen LogP) is 3.73. The number of halogens is 3. The summed E-state index contributed by atoms with van der Waals surface area (Å²) < 4.78 is 42.3. The Kier molecular flexibility index (Phi) is 5.28. The minimum absolute atomic E-state index is 0.352. The maximum atomic E-state index is 12.4. The molecular weight excluding hydrogens is 297 g/mol. The van der Waals surface area contributed by atoms with E-state index in [1.165, 1.54) is 18.2 Å². The average Bonchev–Trinajstić information content (AvgIpc) is 2.37. The van der Waals surface area contributed by atoms with E-state index in [4.69, 9.17) is 10.3 Å². The highest BCUT2D eigenvalue weighted by Crippen LogP contribution is 2.29. The molecule has 0 unspecified atom stereocenters. The van der Waals surface area contributed by atoms with E-state index in [1.807, 2.05) is 0 Å². The number of ether oxygens (including phenoxy) is 1. The zero-order chi connectivity index (χ0) is 17.0. The van der Waals surface area contributed by atoms with Gasteiger partial charge in [0.1, 0.15) is 5.60 Å². The minimum Gasteiger partial charge on any atom is -0.451 e. The normalized spacial score (nSPS) is 12.1. The van der Waals surface area contributed by atoms with Crippen molar-refractivity contribution < 1.29 is 27.5 Å². The van der Waals surface area contributed by atoms with Crippen LogP contribution in [0.15, 0.2) is 30.3 Å². The fraction of sp³-hybridized carbons (Fsp3) is 0.333. The van der Waals surface area contributed by atoms with Crippen LogP contribution in [-0.4, -0.2) is 22.1 Å². The van der Waals surface area contributed by atoms with Crippen LogP contribution in [-0.2, 0) is 15.7 Å². The molecule has 0 spiro atoms. The van der Waals surface area contributed by atoms with Crippen LogP contribution < -0.4 is 0 Å². The lowest BCUT2D eigenvalue weighted by Crippen LogP contribution is -2.28. The summed E-state index contributed by atoms with van der Waals surface area (Å²) in [7, 11) is 0. The van der Waals surface area contributed by atoms with E-state index in [-0.39, 0.29) is 5.71 Å². The molecule has 0 bridgehead atoms. The quantitative estimate of drug-likeness (QED) is 0.369. The summed E-state index contributed by atoms with van der Waals surface area (Å²) in [6, 6.07) is 4.32. The van der Waals surface area contributed by atoms with Crippen LogP contribution in [0, 0.1) is 0 Å². The predicted molar refractivity (Wildman–Crippen MR) is 74.9 cm³/mol. The number of carbonyl (C=O) groups excluding carboxylic acids is 1. The number of hydrogen-bond donors (Lipinski definition) is 0. The molecule has 4 nitrogen and oxygen atoms in total. The van der Waals surface area contributed by atoms with Crippen molar-refractivity contribution in [2.75, 3.05) is 0 Å². The maximum Gasteiger partial charge on any atom is 0.422 e. The zero-order valence-electron chi connectivity index (χ0n) is 12.3. The second-order valence-electron chi connectivity index (χ2n) is 5.44. The average molecular weight is 312 g/mol. The Balaban J connectivity index is 2.86. The van der Waals surface area contributed by atoms with E-state index in [2.05, 4.69) is 4.79 Å². The van der Waals surface area contributed by atoms with Crippen molar-refractivity contribution in [2.24, 2.45) is 0 Å². The number of esters is 1. The summed E-state index contributed by atoms with van der Waals surface area (Å²) in [6.45, 7) is 4.96. The van der Waals surface area contributed by atoms with Gasteiger partial charge >= 0.3 is 17.9 Å². The summed E-state index contributed by atoms with van der Waals surface area (Å²) in [5, 5.41) is 0. The van der Waals surface area contributed by atoms with Crippen molar-refractivity contribution in [3.05, 3.63) is 47.0 Å². The van der Waals surface area contributed by atoms with Crippen LogP contribution in [0.25, 0.3) is 11.6 Å². The van der Waals surface area contributed by atoms with Crippen LogP contribution in [0.5, 0.6) is 0 Å². The molecule has 118 valence electrons. The Morgan fingerprint density at radius 2 is 1.73 bits per heavy atom. The first-order valence-electron chi connectivity index (χ1n) is 6.33. The molecule has 0 aromatic heterocycles. The third kappa shape index (κ3) is 5.54. The lowest BCUT2D eigenvalue weighted by Gasteiger charge is -2.17. The summed E-state index contributed by atoms with van der Waals surface area (Å²) in [5.41, 5.74) is 7.35. The molecule has 1 aromatic rings. The minimum atomic E-state index is -4.41. The molecular formula is C15H15F3N2O2.